The SMILES string of the molecule is N#Cc1cccnc1NCC1CCN(CC(=O)NCc2ccccc2)C1. The number of nitrogens with one attached hydrogen (secondary N) is 2. The number of hydrogen-bond donors (Lipinski definition) is 2. The van der Waals surface area contributed by atoms with Crippen LogP contribution in [0.5, 0.6) is 0 Å². The van der Waals surface area contributed by atoms with Crippen LogP contribution in [0.3, 0.4) is 0 Å². The Morgan fingerprint density at radius 3 is 2.92 bits per heavy atom. The van der Waals surface area contributed by atoms with E-state index < -0.39 is 0 Å². The first kappa shape index (κ1) is 17.9. The zero-order valence-corrected chi connectivity index (χ0v) is 14.7. The number of nitrogens with zero attached hydrogens (tertiary/aromatic N) is 3. The summed E-state index contributed by atoms with van der Waals surface area (Å²) in [4.78, 5) is 18.5. The topological polar surface area (TPSA) is 81.1 Å². The summed E-state index contributed by atoms with van der Waals surface area (Å²) in [6, 6.07) is 15.6. The smallest absolute Gasteiger partial charge is 0.234 e. The Kier molecular flexibility index (Phi) is 6.18. The third-order valence-electron chi connectivity index (χ3n) is 4.56. The number of pyridine rings is 1. The number of carbonyl (C=O) groups is 1. The number of hydrogen-bond acceptors (Lipinski definition) is 5. The van der Waals surface area contributed by atoms with Crippen molar-refractivity contribution in [2.75, 3.05) is 31.5 Å². The molecule has 1 aliphatic heterocycles. The average molecular weight is 349 g/mol. The molecule has 2 heterocycles. The summed E-state index contributed by atoms with van der Waals surface area (Å²) >= 11 is 0. The predicted molar refractivity (Wildman–Crippen MR) is 100 cm³/mol. The van der Waals surface area contributed by atoms with Crippen LogP contribution in [0.25, 0.3) is 0 Å². The minimum absolute atomic E-state index is 0.0546. The molecular formula is C20H23N5O. The van der Waals surface area contributed by atoms with Gasteiger partial charge >= 0.3 is 0 Å². The molecular weight excluding hydrogens is 326 g/mol. The van der Waals surface area contributed by atoms with Gasteiger partial charge in [0.15, 0.2) is 0 Å². The van der Waals surface area contributed by atoms with Gasteiger partial charge in [0, 0.05) is 25.8 Å². The molecule has 6 heteroatoms. The van der Waals surface area contributed by atoms with Crippen molar-refractivity contribution in [3.8, 4) is 6.07 Å². The van der Waals surface area contributed by atoms with Gasteiger partial charge in [-0.05, 0) is 36.6 Å². The third kappa shape index (κ3) is 5.04. The predicted octanol–water partition coefficient (Wildman–Crippen LogP) is 2.00. The highest BCUT2D eigenvalue weighted by atomic mass is 16.2. The summed E-state index contributed by atoms with van der Waals surface area (Å²) in [6.07, 6.45) is 2.72. The molecule has 0 radical (unpaired) electrons. The van der Waals surface area contributed by atoms with Crippen LogP contribution in [-0.2, 0) is 11.3 Å². The van der Waals surface area contributed by atoms with Crippen molar-refractivity contribution in [3.63, 3.8) is 0 Å². The van der Waals surface area contributed by atoms with Gasteiger partial charge < -0.3 is 10.6 Å². The van der Waals surface area contributed by atoms with Crippen LogP contribution in [0.2, 0.25) is 0 Å². The third-order valence-corrected chi connectivity index (χ3v) is 4.56. The van der Waals surface area contributed by atoms with Crippen molar-refractivity contribution in [2.24, 2.45) is 5.92 Å². The summed E-state index contributed by atoms with van der Waals surface area (Å²) in [5.74, 6) is 1.14. The van der Waals surface area contributed by atoms with Gasteiger partial charge in [-0.2, -0.15) is 5.26 Å². The summed E-state index contributed by atoms with van der Waals surface area (Å²) in [6.45, 7) is 3.54. The Labute approximate surface area is 153 Å². The summed E-state index contributed by atoms with van der Waals surface area (Å²) in [7, 11) is 0. The lowest BCUT2D eigenvalue weighted by atomic mass is 10.1. The zero-order valence-electron chi connectivity index (χ0n) is 14.7. The van der Waals surface area contributed by atoms with Gasteiger partial charge in [-0.15, -0.1) is 0 Å². The highest BCUT2D eigenvalue weighted by Gasteiger charge is 2.24. The summed E-state index contributed by atoms with van der Waals surface area (Å²) in [5.41, 5.74) is 1.66. The molecule has 1 aliphatic rings. The molecule has 0 bridgehead atoms. The van der Waals surface area contributed by atoms with Crippen LogP contribution in [0, 0.1) is 17.2 Å². The molecule has 1 fully saturated rings. The molecule has 0 spiro atoms. The van der Waals surface area contributed by atoms with Crippen molar-refractivity contribution < 1.29 is 4.79 Å². The average Bonchev–Trinajstić information content (AvgIpc) is 3.13. The van der Waals surface area contributed by atoms with Gasteiger partial charge in [0.25, 0.3) is 0 Å². The zero-order chi connectivity index (χ0) is 18.2. The Bertz CT molecular complexity index is 771. The number of nitriles is 1. The lowest BCUT2D eigenvalue weighted by molar-refractivity contribution is -0.122. The fraction of sp³-hybridized carbons (Fsp3) is 0.350. The van der Waals surface area contributed by atoms with E-state index in [9.17, 15) is 4.79 Å². The molecule has 0 saturated carbocycles. The van der Waals surface area contributed by atoms with E-state index >= 15 is 0 Å². The fourth-order valence-electron chi connectivity index (χ4n) is 3.16. The number of benzene rings is 1. The minimum Gasteiger partial charge on any atom is -0.369 e. The van der Waals surface area contributed by atoms with Crippen molar-refractivity contribution in [2.45, 2.75) is 13.0 Å². The molecule has 2 N–H and O–H groups in total. The minimum atomic E-state index is 0.0546. The second kappa shape index (κ2) is 8.97. The van der Waals surface area contributed by atoms with Crippen molar-refractivity contribution in [3.05, 3.63) is 59.8 Å². The Morgan fingerprint density at radius 2 is 2.12 bits per heavy atom. The molecule has 1 aromatic carbocycles. The summed E-state index contributed by atoms with van der Waals surface area (Å²) in [5, 5.41) is 15.3. The lowest BCUT2D eigenvalue weighted by Gasteiger charge is -2.16. The number of amides is 1. The maximum Gasteiger partial charge on any atom is 0.234 e. The molecule has 1 unspecified atom stereocenters. The van der Waals surface area contributed by atoms with Crippen molar-refractivity contribution in [1.29, 1.82) is 5.26 Å². The molecule has 1 aromatic heterocycles. The molecule has 0 aliphatic carbocycles. The second-order valence-electron chi connectivity index (χ2n) is 6.54. The number of anilines is 1. The monoisotopic (exact) mass is 349 g/mol. The Morgan fingerprint density at radius 1 is 1.27 bits per heavy atom. The van der Waals surface area contributed by atoms with E-state index in [0.29, 0.717) is 30.4 Å². The van der Waals surface area contributed by atoms with E-state index in [2.05, 4.69) is 26.6 Å². The summed E-state index contributed by atoms with van der Waals surface area (Å²) < 4.78 is 0. The second-order valence-corrected chi connectivity index (χ2v) is 6.54. The Balaban J connectivity index is 1.39. The van der Waals surface area contributed by atoms with E-state index in [0.717, 1.165) is 31.6 Å². The first-order valence-electron chi connectivity index (χ1n) is 8.86. The maximum absolute atomic E-state index is 12.1. The van der Waals surface area contributed by atoms with Crippen LogP contribution >= 0.6 is 0 Å². The molecule has 26 heavy (non-hydrogen) atoms. The molecule has 1 amide bonds. The number of rotatable bonds is 7. The van der Waals surface area contributed by atoms with Gasteiger partial charge in [-0.1, -0.05) is 30.3 Å². The maximum atomic E-state index is 12.1. The van der Waals surface area contributed by atoms with Crippen LogP contribution in [0.15, 0.2) is 48.7 Å². The van der Waals surface area contributed by atoms with E-state index in [4.69, 9.17) is 5.26 Å². The van der Waals surface area contributed by atoms with E-state index in [1.807, 2.05) is 30.3 Å². The van der Waals surface area contributed by atoms with Crippen LogP contribution in [0.1, 0.15) is 17.5 Å². The standard InChI is InChI=1S/C20H23N5O/c21-11-18-7-4-9-22-20(18)24-13-17-8-10-25(14-17)15-19(26)23-12-16-5-2-1-3-6-16/h1-7,9,17H,8,10,12-15H2,(H,22,24)(H,23,26). The van der Waals surface area contributed by atoms with Gasteiger partial charge in [-0.25, -0.2) is 4.98 Å². The first-order chi connectivity index (χ1) is 12.7. The highest BCUT2D eigenvalue weighted by Crippen LogP contribution is 2.17. The lowest BCUT2D eigenvalue weighted by Crippen LogP contribution is -2.36. The van der Waals surface area contributed by atoms with Crippen LogP contribution < -0.4 is 10.6 Å². The highest BCUT2D eigenvalue weighted by molar-refractivity contribution is 5.78. The van der Waals surface area contributed by atoms with Crippen LogP contribution in [0.4, 0.5) is 5.82 Å². The van der Waals surface area contributed by atoms with Crippen LogP contribution in [-0.4, -0.2) is 42.0 Å². The molecule has 1 saturated heterocycles. The molecule has 6 nitrogen and oxygen atoms in total. The largest absolute Gasteiger partial charge is 0.369 e. The van der Waals surface area contributed by atoms with Gasteiger partial charge in [0.2, 0.25) is 5.91 Å². The normalized spacial score (nSPS) is 16.8. The van der Waals surface area contributed by atoms with Gasteiger partial charge in [0.05, 0.1) is 12.1 Å². The Hall–Kier alpha value is -2.91. The molecule has 2 aromatic rings. The number of aromatic nitrogens is 1. The quantitative estimate of drug-likeness (QED) is 0.799. The van der Waals surface area contributed by atoms with Gasteiger partial charge in [0.1, 0.15) is 11.9 Å². The van der Waals surface area contributed by atoms with E-state index in [1.54, 1.807) is 18.3 Å². The van der Waals surface area contributed by atoms with Crippen molar-refractivity contribution >= 4 is 11.7 Å². The number of likely N-dealkylation sites (tertiary alicyclic amines) is 1. The van der Waals surface area contributed by atoms with Crippen molar-refractivity contribution in [1.82, 2.24) is 15.2 Å². The molecule has 3 rings (SSSR count). The van der Waals surface area contributed by atoms with E-state index in [-0.39, 0.29) is 5.91 Å². The fourth-order valence-corrected chi connectivity index (χ4v) is 3.16. The van der Waals surface area contributed by atoms with Gasteiger partial charge in [-0.3, -0.25) is 9.69 Å². The first-order valence-corrected chi connectivity index (χ1v) is 8.86. The molecule has 1 atom stereocenters. The number of carbonyl (C=O) groups excluding carboxylic acids is 1. The molecule has 134 valence electrons. The van der Waals surface area contributed by atoms with E-state index in [1.165, 1.54) is 0 Å².